The zero-order valence-electron chi connectivity index (χ0n) is 17.9. The lowest BCUT2D eigenvalue weighted by molar-refractivity contribution is 0.217. The van der Waals surface area contributed by atoms with Crippen LogP contribution in [0.1, 0.15) is 0 Å². The summed E-state index contributed by atoms with van der Waals surface area (Å²) < 4.78 is 15.5. The van der Waals surface area contributed by atoms with Gasteiger partial charge in [0.2, 0.25) is 0 Å². The minimum absolute atomic E-state index is 0.423. The molecule has 0 bridgehead atoms. The second-order valence-corrected chi connectivity index (χ2v) is 7.38. The smallest absolute Gasteiger partial charge is 0.181 e. The monoisotopic (exact) mass is 450 g/mol. The maximum atomic E-state index is 5.82. The molecule has 0 aliphatic carbocycles. The molecule has 0 aliphatic heterocycles. The fraction of sp³-hybridized carbons (Fsp3) is 0.0833. The topological polar surface area (TPSA) is 106 Å². The van der Waals surface area contributed by atoms with Crippen molar-refractivity contribution in [2.75, 3.05) is 13.2 Å². The van der Waals surface area contributed by atoms with Crippen LogP contribution in [0.25, 0.3) is 33.7 Å². The van der Waals surface area contributed by atoms with Crippen molar-refractivity contribution in [1.29, 1.82) is 0 Å². The van der Waals surface area contributed by atoms with Crippen LogP contribution in [-0.2, 0) is 0 Å². The Morgan fingerprint density at radius 3 is 1.44 bits per heavy atom. The van der Waals surface area contributed by atoms with Gasteiger partial charge in [-0.05, 0) is 48.5 Å². The highest BCUT2D eigenvalue weighted by Crippen LogP contribution is 2.21. The van der Waals surface area contributed by atoms with Crippen LogP contribution in [0.5, 0.6) is 11.5 Å². The number of nitrogens with zero attached hydrogens (tertiary/aromatic N) is 8. The van der Waals surface area contributed by atoms with Crippen molar-refractivity contribution in [1.82, 2.24) is 39.0 Å². The first-order valence-electron chi connectivity index (χ1n) is 10.6. The van der Waals surface area contributed by atoms with Crippen LogP contribution in [0, 0.1) is 0 Å². The van der Waals surface area contributed by atoms with E-state index in [9.17, 15) is 0 Å². The van der Waals surface area contributed by atoms with Crippen molar-refractivity contribution in [3.8, 4) is 22.9 Å². The number of hydrogen-bond donors (Lipinski definition) is 0. The lowest BCUT2D eigenvalue weighted by Crippen LogP contribution is -2.09. The van der Waals surface area contributed by atoms with Crippen LogP contribution in [0.2, 0.25) is 0 Å². The molecular formula is C24H18N8O2. The van der Waals surface area contributed by atoms with Crippen molar-refractivity contribution < 1.29 is 9.47 Å². The highest BCUT2D eigenvalue weighted by Gasteiger charge is 2.07. The summed E-state index contributed by atoms with van der Waals surface area (Å²) in [4.78, 5) is 25.1. The lowest BCUT2D eigenvalue weighted by atomic mass is 10.3. The van der Waals surface area contributed by atoms with Crippen molar-refractivity contribution in [3.63, 3.8) is 0 Å². The fourth-order valence-electron chi connectivity index (χ4n) is 3.66. The van der Waals surface area contributed by atoms with E-state index in [1.807, 2.05) is 57.7 Å². The summed E-state index contributed by atoms with van der Waals surface area (Å²) in [5.41, 5.74) is 4.94. The molecule has 0 fully saturated rings. The number of benzene rings is 2. The molecule has 6 aromatic rings. The summed E-state index contributed by atoms with van der Waals surface area (Å²) in [6, 6.07) is 15.5. The van der Waals surface area contributed by atoms with Gasteiger partial charge in [0.1, 0.15) is 61.1 Å². The zero-order valence-corrected chi connectivity index (χ0v) is 17.9. The Morgan fingerprint density at radius 1 is 0.559 bits per heavy atom. The molecular weight excluding hydrogens is 432 g/mol. The Balaban J connectivity index is 1.04. The zero-order chi connectivity index (χ0) is 22.7. The van der Waals surface area contributed by atoms with E-state index in [0.29, 0.717) is 24.5 Å². The van der Waals surface area contributed by atoms with E-state index < -0.39 is 0 Å². The van der Waals surface area contributed by atoms with Gasteiger partial charge in [-0.15, -0.1) is 0 Å². The van der Waals surface area contributed by atoms with E-state index in [4.69, 9.17) is 9.47 Å². The molecule has 0 spiro atoms. The van der Waals surface area contributed by atoms with Gasteiger partial charge in [-0.3, -0.25) is 9.13 Å². The van der Waals surface area contributed by atoms with Gasteiger partial charge in [0.15, 0.2) is 11.3 Å². The summed E-state index contributed by atoms with van der Waals surface area (Å²) in [6.07, 6.45) is 9.94. The second-order valence-electron chi connectivity index (χ2n) is 7.38. The lowest BCUT2D eigenvalue weighted by Gasteiger charge is -2.10. The predicted octanol–water partition coefficient (Wildman–Crippen LogP) is 3.40. The number of hydrogen-bond acceptors (Lipinski definition) is 8. The summed E-state index contributed by atoms with van der Waals surface area (Å²) in [5.74, 6) is 1.52. The van der Waals surface area contributed by atoms with Gasteiger partial charge < -0.3 is 9.47 Å². The molecule has 0 saturated heterocycles. The molecule has 0 aliphatic rings. The molecule has 2 aromatic carbocycles. The summed E-state index contributed by atoms with van der Waals surface area (Å²) in [5, 5.41) is 0. The third-order valence-electron chi connectivity index (χ3n) is 5.31. The van der Waals surface area contributed by atoms with Crippen molar-refractivity contribution in [2.45, 2.75) is 0 Å². The van der Waals surface area contributed by atoms with Gasteiger partial charge in [-0.1, -0.05) is 0 Å². The Labute approximate surface area is 193 Å². The maximum absolute atomic E-state index is 5.82. The van der Waals surface area contributed by atoms with Crippen LogP contribution in [-0.4, -0.2) is 52.3 Å². The molecule has 34 heavy (non-hydrogen) atoms. The highest BCUT2D eigenvalue weighted by molar-refractivity contribution is 5.72. The average molecular weight is 450 g/mol. The van der Waals surface area contributed by atoms with Crippen molar-refractivity contribution in [3.05, 3.63) is 86.2 Å². The number of rotatable bonds is 7. The fourth-order valence-corrected chi connectivity index (χ4v) is 3.66. The SMILES string of the molecule is c1ncc2c(n1)ncn2-c1ccc(OCCOc2ccc(-n3cnc4ncncc43)cc2)cc1. The molecule has 4 heterocycles. The van der Waals surface area contributed by atoms with Crippen LogP contribution >= 0.6 is 0 Å². The van der Waals surface area contributed by atoms with E-state index in [0.717, 1.165) is 33.9 Å². The average Bonchev–Trinajstić information content (AvgIpc) is 3.52. The molecule has 0 unspecified atom stereocenters. The predicted molar refractivity (Wildman–Crippen MR) is 124 cm³/mol. The van der Waals surface area contributed by atoms with Crippen molar-refractivity contribution in [2.24, 2.45) is 0 Å². The molecule has 0 radical (unpaired) electrons. The first-order valence-corrected chi connectivity index (χ1v) is 10.6. The molecule has 10 nitrogen and oxygen atoms in total. The standard InChI is InChI=1S/C24H18N8O2/c1-5-19(6-2-17(1)31-15-29-23-21(31)11-25-13-27-23)33-9-10-34-20-7-3-18(4-8-20)32-16-30-24-22(32)12-26-14-28-24/h1-8,11-16H,9-10H2. The first kappa shape index (κ1) is 19.8. The third-order valence-corrected chi connectivity index (χ3v) is 5.31. The Kier molecular flexibility index (Phi) is 5.00. The Bertz CT molecular complexity index is 1440. The van der Waals surface area contributed by atoms with Gasteiger partial charge in [0, 0.05) is 11.4 Å². The van der Waals surface area contributed by atoms with E-state index in [1.165, 1.54) is 12.7 Å². The van der Waals surface area contributed by atoms with E-state index in [1.54, 1.807) is 25.0 Å². The summed E-state index contributed by atoms with van der Waals surface area (Å²) >= 11 is 0. The van der Waals surface area contributed by atoms with E-state index in [2.05, 4.69) is 29.9 Å². The van der Waals surface area contributed by atoms with Gasteiger partial charge in [-0.2, -0.15) is 0 Å². The van der Waals surface area contributed by atoms with E-state index >= 15 is 0 Å². The molecule has 0 N–H and O–H groups in total. The summed E-state index contributed by atoms with van der Waals surface area (Å²) in [6.45, 7) is 0.846. The van der Waals surface area contributed by atoms with Gasteiger partial charge in [0.25, 0.3) is 0 Å². The van der Waals surface area contributed by atoms with Gasteiger partial charge in [-0.25, -0.2) is 29.9 Å². The van der Waals surface area contributed by atoms with Crippen molar-refractivity contribution >= 4 is 22.3 Å². The largest absolute Gasteiger partial charge is 0.490 e. The number of fused-ring (bicyclic) bond motifs is 2. The quantitative estimate of drug-likeness (QED) is 0.341. The van der Waals surface area contributed by atoms with Gasteiger partial charge in [0.05, 0.1) is 12.4 Å². The molecule has 6 rings (SSSR count). The molecule has 0 atom stereocenters. The minimum atomic E-state index is 0.423. The number of ether oxygens (including phenoxy) is 2. The third kappa shape index (κ3) is 3.77. The Morgan fingerprint density at radius 2 is 1.00 bits per heavy atom. The van der Waals surface area contributed by atoms with Crippen LogP contribution in [0.15, 0.2) is 86.2 Å². The van der Waals surface area contributed by atoms with Gasteiger partial charge >= 0.3 is 0 Å². The Hall–Kier alpha value is -4.86. The van der Waals surface area contributed by atoms with Crippen LogP contribution < -0.4 is 9.47 Å². The number of imidazole rings is 2. The molecule has 0 saturated carbocycles. The molecule has 0 amide bonds. The maximum Gasteiger partial charge on any atom is 0.181 e. The molecule has 166 valence electrons. The normalized spacial score (nSPS) is 11.2. The number of aromatic nitrogens is 8. The van der Waals surface area contributed by atoms with E-state index in [-0.39, 0.29) is 0 Å². The first-order chi connectivity index (χ1) is 16.8. The molecule has 10 heteroatoms. The summed E-state index contributed by atoms with van der Waals surface area (Å²) in [7, 11) is 0. The highest BCUT2D eigenvalue weighted by atomic mass is 16.5. The minimum Gasteiger partial charge on any atom is -0.490 e. The van der Waals surface area contributed by atoms with Crippen LogP contribution in [0.4, 0.5) is 0 Å². The second kappa shape index (κ2) is 8.58. The van der Waals surface area contributed by atoms with Crippen LogP contribution in [0.3, 0.4) is 0 Å². The molecule has 4 aromatic heterocycles.